The van der Waals surface area contributed by atoms with Crippen LogP contribution in [0.3, 0.4) is 0 Å². The van der Waals surface area contributed by atoms with Crippen LogP contribution >= 0.6 is 0 Å². The van der Waals surface area contributed by atoms with Gasteiger partial charge in [-0.05, 0) is 56.0 Å². The second-order valence-corrected chi connectivity index (χ2v) is 7.26. The third-order valence-electron chi connectivity index (χ3n) is 5.15. The van der Waals surface area contributed by atoms with Crippen molar-refractivity contribution in [2.75, 3.05) is 24.4 Å². The molecular weight excluding hydrogens is 402 g/mol. The van der Waals surface area contributed by atoms with Crippen molar-refractivity contribution < 1.29 is 9.53 Å². The number of methoxy groups -OCH3 is 1. The van der Waals surface area contributed by atoms with Crippen molar-refractivity contribution >= 4 is 23.1 Å². The Morgan fingerprint density at radius 1 is 1.25 bits per heavy atom. The molecule has 164 valence electrons. The minimum atomic E-state index is -0.212. The highest BCUT2D eigenvalue weighted by Gasteiger charge is 2.22. The number of aromatic nitrogens is 2. The van der Waals surface area contributed by atoms with Gasteiger partial charge in [0.05, 0.1) is 18.4 Å². The molecule has 0 aliphatic carbocycles. The number of nitrogens with zero attached hydrogens (tertiary/aromatic N) is 3. The number of carbonyl (C=O) groups is 1. The van der Waals surface area contributed by atoms with E-state index in [1.807, 2.05) is 49.4 Å². The van der Waals surface area contributed by atoms with Gasteiger partial charge in [-0.15, -0.1) is 0 Å². The van der Waals surface area contributed by atoms with Gasteiger partial charge in [-0.1, -0.05) is 31.4 Å². The van der Waals surface area contributed by atoms with Crippen LogP contribution in [-0.2, 0) is 4.79 Å². The molecule has 3 aromatic rings. The molecule has 0 radical (unpaired) electrons. The fourth-order valence-corrected chi connectivity index (χ4v) is 3.46. The lowest BCUT2D eigenvalue weighted by Crippen LogP contribution is -2.23. The second-order valence-electron chi connectivity index (χ2n) is 7.26. The Morgan fingerprint density at radius 3 is 2.62 bits per heavy atom. The predicted octanol–water partition coefficient (Wildman–Crippen LogP) is 4.95. The van der Waals surface area contributed by atoms with Crippen molar-refractivity contribution in [2.24, 2.45) is 0 Å². The molecule has 1 heterocycles. The highest BCUT2D eigenvalue weighted by molar-refractivity contribution is 6.06. The first-order valence-corrected chi connectivity index (χ1v) is 10.0. The normalized spacial score (nSPS) is 10.4. The molecule has 2 N–H and O–H groups in total. The van der Waals surface area contributed by atoms with Crippen LogP contribution < -0.4 is 15.0 Å². The maximum atomic E-state index is 12.1. The number of benzene rings is 2. The van der Waals surface area contributed by atoms with Crippen molar-refractivity contribution in [3.05, 3.63) is 79.0 Å². The van der Waals surface area contributed by atoms with Crippen LogP contribution in [0.25, 0.3) is 16.9 Å². The lowest BCUT2D eigenvalue weighted by Gasteiger charge is -2.17. The van der Waals surface area contributed by atoms with Crippen LogP contribution in [0.5, 0.6) is 5.75 Å². The first-order valence-electron chi connectivity index (χ1n) is 10.0. The summed E-state index contributed by atoms with van der Waals surface area (Å²) in [7, 11) is 3.32. The molecule has 0 spiro atoms. The zero-order valence-corrected chi connectivity index (χ0v) is 18.8. The van der Waals surface area contributed by atoms with Gasteiger partial charge in [0.25, 0.3) is 0 Å². The zero-order chi connectivity index (χ0) is 23.4. The molecule has 7 nitrogen and oxygen atoms in total. The molecule has 1 aromatic heterocycles. The lowest BCUT2D eigenvalue weighted by molar-refractivity contribution is -0.113. The number of ether oxygens (including phenoxy) is 1. The molecule has 2 aromatic carbocycles. The third-order valence-corrected chi connectivity index (χ3v) is 5.15. The van der Waals surface area contributed by atoms with Crippen molar-refractivity contribution in [3.63, 3.8) is 0 Å². The van der Waals surface area contributed by atoms with Gasteiger partial charge in [-0.3, -0.25) is 4.79 Å². The number of hydrogen-bond acceptors (Lipinski definition) is 5. The SMILES string of the molecule is C=CNc1c(C(C)=N)c(-c2ccc(C)c(OC)c2)nn1-c1cccc(N(C)C(=O)C=C)c1. The lowest BCUT2D eigenvalue weighted by atomic mass is 10.0. The first kappa shape index (κ1) is 22.6. The van der Waals surface area contributed by atoms with E-state index in [2.05, 4.69) is 18.5 Å². The van der Waals surface area contributed by atoms with Gasteiger partial charge in [-0.25, -0.2) is 4.68 Å². The van der Waals surface area contributed by atoms with E-state index in [9.17, 15) is 4.79 Å². The molecule has 0 bridgehead atoms. The van der Waals surface area contributed by atoms with Crippen LogP contribution in [-0.4, -0.2) is 35.6 Å². The topological polar surface area (TPSA) is 83.2 Å². The summed E-state index contributed by atoms with van der Waals surface area (Å²) in [5.41, 5.74) is 4.90. The fraction of sp³-hybridized carbons (Fsp3) is 0.160. The Bertz CT molecular complexity index is 1210. The van der Waals surface area contributed by atoms with Crippen molar-refractivity contribution in [2.45, 2.75) is 13.8 Å². The Balaban J connectivity index is 2.25. The number of anilines is 2. The van der Waals surface area contributed by atoms with E-state index >= 15 is 0 Å². The number of aryl methyl sites for hydroxylation is 1. The van der Waals surface area contributed by atoms with Gasteiger partial charge in [0.2, 0.25) is 5.91 Å². The minimum absolute atomic E-state index is 0.212. The van der Waals surface area contributed by atoms with Gasteiger partial charge in [0, 0.05) is 24.0 Å². The monoisotopic (exact) mass is 429 g/mol. The summed E-state index contributed by atoms with van der Waals surface area (Å²) >= 11 is 0. The van der Waals surface area contributed by atoms with E-state index in [-0.39, 0.29) is 5.91 Å². The summed E-state index contributed by atoms with van der Waals surface area (Å²) in [6.45, 7) is 11.0. The van der Waals surface area contributed by atoms with E-state index in [1.54, 1.807) is 32.0 Å². The molecule has 0 atom stereocenters. The van der Waals surface area contributed by atoms with Gasteiger partial charge in [-0.2, -0.15) is 5.10 Å². The fourth-order valence-electron chi connectivity index (χ4n) is 3.46. The van der Waals surface area contributed by atoms with E-state index in [4.69, 9.17) is 15.2 Å². The summed E-state index contributed by atoms with van der Waals surface area (Å²) in [6.07, 6.45) is 2.82. The minimum Gasteiger partial charge on any atom is -0.496 e. The Hall–Kier alpha value is -4.13. The smallest absolute Gasteiger partial charge is 0.250 e. The number of hydrogen-bond donors (Lipinski definition) is 2. The highest BCUT2D eigenvalue weighted by atomic mass is 16.5. The van der Waals surface area contributed by atoms with Crippen molar-refractivity contribution in [1.82, 2.24) is 9.78 Å². The van der Waals surface area contributed by atoms with Crippen LogP contribution in [0.1, 0.15) is 18.1 Å². The average molecular weight is 430 g/mol. The number of rotatable bonds is 8. The van der Waals surface area contributed by atoms with E-state index in [1.165, 1.54) is 11.0 Å². The summed E-state index contributed by atoms with van der Waals surface area (Å²) in [5, 5.41) is 16.4. The highest BCUT2D eigenvalue weighted by Crippen LogP contribution is 2.34. The predicted molar refractivity (Wildman–Crippen MR) is 130 cm³/mol. The van der Waals surface area contributed by atoms with Gasteiger partial charge >= 0.3 is 0 Å². The van der Waals surface area contributed by atoms with Crippen LogP contribution in [0.4, 0.5) is 11.5 Å². The maximum absolute atomic E-state index is 12.1. The molecule has 0 aliphatic rings. The summed E-state index contributed by atoms with van der Waals surface area (Å²) in [6, 6.07) is 13.3. The second kappa shape index (κ2) is 9.34. The van der Waals surface area contributed by atoms with E-state index < -0.39 is 0 Å². The van der Waals surface area contributed by atoms with Gasteiger partial charge in [0.15, 0.2) is 0 Å². The maximum Gasteiger partial charge on any atom is 0.250 e. The molecule has 7 heteroatoms. The molecule has 32 heavy (non-hydrogen) atoms. The third kappa shape index (κ3) is 4.18. The number of nitrogens with one attached hydrogen (secondary N) is 2. The molecule has 0 saturated carbocycles. The van der Waals surface area contributed by atoms with Crippen LogP contribution in [0.2, 0.25) is 0 Å². The molecule has 0 saturated heterocycles. The molecule has 1 amide bonds. The van der Waals surface area contributed by atoms with Crippen LogP contribution in [0.15, 0.2) is 67.9 Å². The van der Waals surface area contributed by atoms with Crippen molar-refractivity contribution in [3.8, 4) is 22.7 Å². The number of amides is 1. The van der Waals surface area contributed by atoms with Crippen LogP contribution in [0, 0.1) is 12.3 Å². The molecule has 0 fully saturated rings. The molecular formula is C25H27N5O2. The summed E-state index contributed by atoms with van der Waals surface area (Å²) in [5.74, 6) is 1.14. The van der Waals surface area contributed by atoms with Crippen molar-refractivity contribution in [1.29, 1.82) is 5.41 Å². The van der Waals surface area contributed by atoms with Gasteiger partial charge < -0.3 is 20.4 Å². The van der Waals surface area contributed by atoms with E-state index in [0.717, 1.165) is 22.6 Å². The number of likely N-dealkylation sites (N-methyl/N-ethyl adjacent to an activating group) is 1. The molecule has 3 rings (SSSR count). The average Bonchev–Trinajstić information content (AvgIpc) is 3.18. The van der Waals surface area contributed by atoms with E-state index in [0.29, 0.717) is 28.5 Å². The molecule has 0 aliphatic heterocycles. The Labute approximate surface area is 188 Å². The molecule has 0 unspecified atom stereocenters. The zero-order valence-electron chi connectivity index (χ0n) is 18.8. The summed E-state index contributed by atoms with van der Waals surface area (Å²) < 4.78 is 7.20. The number of carbonyl (C=O) groups excluding carboxylic acids is 1. The Morgan fingerprint density at radius 2 is 2.00 bits per heavy atom. The first-order chi connectivity index (χ1) is 15.3. The Kier molecular flexibility index (Phi) is 6.59. The summed E-state index contributed by atoms with van der Waals surface area (Å²) in [4.78, 5) is 13.6. The quantitative estimate of drug-likeness (QED) is 0.392. The standard InChI is InChI=1S/C25H27N5O2/c1-7-22(31)29(5)19-10-9-11-20(15-19)30-25(27-8-2)23(17(4)26)24(28-30)18-13-12-16(3)21(14-18)32-6/h7-15,26-27H,1-2H2,3-6H3. The van der Waals surface area contributed by atoms with Gasteiger partial charge in [0.1, 0.15) is 17.3 Å². The largest absolute Gasteiger partial charge is 0.496 e.